The SMILES string of the molecule is C[C-]=C1Cc2c(C)c(C)c(C)c([CH-]C)c21.[Y]. The fourth-order valence-corrected chi connectivity index (χ4v) is 2.55. The zero-order chi connectivity index (χ0) is 11.2. The van der Waals surface area contributed by atoms with Gasteiger partial charge in [-0.15, -0.1) is 23.6 Å². The Balaban J connectivity index is 0.00000128. The fourth-order valence-electron chi connectivity index (χ4n) is 2.55. The van der Waals surface area contributed by atoms with Crippen molar-refractivity contribution in [2.75, 3.05) is 0 Å². The second-order valence-corrected chi connectivity index (χ2v) is 4.34. The van der Waals surface area contributed by atoms with E-state index in [-0.39, 0.29) is 32.7 Å². The van der Waals surface area contributed by atoms with Crippen LogP contribution in [0.3, 0.4) is 0 Å². The molecule has 1 aliphatic rings. The summed E-state index contributed by atoms with van der Waals surface area (Å²) in [4.78, 5) is 0. The Labute approximate surface area is 124 Å². The van der Waals surface area contributed by atoms with E-state index in [1.165, 1.54) is 39.0 Å². The van der Waals surface area contributed by atoms with Crippen molar-refractivity contribution in [3.63, 3.8) is 0 Å². The van der Waals surface area contributed by atoms with Crippen molar-refractivity contribution in [3.8, 4) is 0 Å². The first kappa shape index (κ1) is 14.0. The van der Waals surface area contributed by atoms with E-state index in [4.69, 9.17) is 0 Å². The van der Waals surface area contributed by atoms with Gasteiger partial charge in [-0.25, -0.2) is 0 Å². The molecule has 1 aromatic carbocycles. The molecule has 0 N–H and O–H groups in total. The van der Waals surface area contributed by atoms with E-state index in [9.17, 15) is 0 Å². The van der Waals surface area contributed by atoms with Crippen LogP contribution in [0.1, 0.15) is 47.2 Å². The van der Waals surface area contributed by atoms with Gasteiger partial charge in [0.05, 0.1) is 0 Å². The van der Waals surface area contributed by atoms with Gasteiger partial charge in [0, 0.05) is 32.7 Å². The molecule has 1 aromatic rings. The van der Waals surface area contributed by atoms with Crippen molar-refractivity contribution >= 4 is 5.57 Å². The molecule has 0 spiro atoms. The minimum atomic E-state index is 0. The first-order chi connectivity index (χ1) is 7.11. The molecule has 0 atom stereocenters. The molecule has 0 saturated carbocycles. The molecule has 2 rings (SSSR count). The van der Waals surface area contributed by atoms with Crippen LogP contribution in [0.2, 0.25) is 0 Å². The Morgan fingerprint density at radius 1 is 1.06 bits per heavy atom. The zero-order valence-corrected chi connectivity index (χ0v) is 13.7. The van der Waals surface area contributed by atoms with E-state index in [0.717, 1.165) is 6.42 Å². The van der Waals surface area contributed by atoms with Gasteiger partial charge in [-0.05, 0) is 13.3 Å². The van der Waals surface area contributed by atoms with Crippen LogP contribution in [-0.4, -0.2) is 0 Å². The molecular formula is C15H18Y-2. The van der Waals surface area contributed by atoms with E-state index >= 15 is 0 Å². The Morgan fingerprint density at radius 2 is 1.69 bits per heavy atom. The van der Waals surface area contributed by atoms with Crippen molar-refractivity contribution in [2.45, 2.75) is 41.0 Å². The molecule has 0 amide bonds. The molecule has 0 nitrogen and oxygen atoms in total. The number of hydrogen-bond donors (Lipinski definition) is 0. The molecule has 1 aliphatic carbocycles. The fraction of sp³-hybridized carbons (Fsp3) is 0.400. The van der Waals surface area contributed by atoms with Crippen LogP contribution in [0.15, 0.2) is 0 Å². The van der Waals surface area contributed by atoms with Crippen molar-refractivity contribution in [1.29, 1.82) is 0 Å². The number of allylic oxidation sites excluding steroid dienone is 2. The van der Waals surface area contributed by atoms with Crippen molar-refractivity contribution in [2.24, 2.45) is 0 Å². The Bertz CT molecular complexity index is 453. The maximum Gasteiger partial charge on any atom is 0 e. The summed E-state index contributed by atoms with van der Waals surface area (Å²) in [5.74, 6) is 0. The third kappa shape index (κ3) is 1.81. The standard InChI is InChI=1S/C15H18.Y/c1-6-12-8-14-11(5)9(3)10(4)13(7-2)15(12)14;/h7H,8H2,1-5H3;/q-2;. The molecular weight excluding hydrogens is 269 g/mol. The van der Waals surface area contributed by atoms with Gasteiger partial charge in [0.15, 0.2) is 0 Å². The first-order valence-corrected chi connectivity index (χ1v) is 5.57. The van der Waals surface area contributed by atoms with Crippen LogP contribution in [0.25, 0.3) is 5.57 Å². The van der Waals surface area contributed by atoms with Crippen molar-refractivity contribution < 1.29 is 32.7 Å². The molecule has 0 unspecified atom stereocenters. The summed E-state index contributed by atoms with van der Waals surface area (Å²) in [5.41, 5.74) is 10.2. The molecule has 0 bridgehead atoms. The van der Waals surface area contributed by atoms with Gasteiger partial charge in [0.25, 0.3) is 0 Å². The van der Waals surface area contributed by atoms with Crippen molar-refractivity contribution in [3.05, 3.63) is 45.9 Å². The summed E-state index contributed by atoms with van der Waals surface area (Å²) in [6.45, 7) is 10.8. The molecule has 1 radical (unpaired) electrons. The zero-order valence-electron chi connectivity index (χ0n) is 10.9. The quantitative estimate of drug-likeness (QED) is 0.686. The van der Waals surface area contributed by atoms with Gasteiger partial charge < -0.3 is 0 Å². The van der Waals surface area contributed by atoms with Crippen LogP contribution in [-0.2, 0) is 39.1 Å². The predicted octanol–water partition coefficient (Wildman–Crippen LogP) is 3.94. The number of fused-ring (bicyclic) bond motifs is 1. The third-order valence-electron chi connectivity index (χ3n) is 3.80. The minimum Gasteiger partial charge on any atom is -0.268 e. The van der Waals surface area contributed by atoms with Crippen molar-refractivity contribution in [1.82, 2.24) is 0 Å². The van der Waals surface area contributed by atoms with E-state index < -0.39 is 0 Å². The minimum absolute atomic E-state index is 0. The molecule has 0 fully saturated rings. The monoisotopic (exact) mass is 287 g/mol. The topological polar surface area (TPSA) is 0 Å². The largest absolute Gasteiger partial charge is 0.268 e. The second kappa shape index (κ2) is 5.06. The molecule has 0 heterocycles. The summed E-state index contributed by atoms with van der Waals surface area (Å²) < 4.78 is 0. The van der Waals surface area contributed by atoms with Gasteiger partial charge in [-0.1, -0.05) is 31.9 Å². The summed E-state index contributed by atoms with van der Waals surface area (Å²) in [6.07, 6.45) is 6.65. The second-order valence-electron chi connectivity index (χ2n) is 4.34. The average molecular weight is 287 g/mol. The Kier molecular flexibility index (Phi) is 4.43. The molecule has 1 heteroatoms. The summed E-state index contributed by atoms with van der Waals surface area (Å²) >= 11 is 0. The van der Waals surface area contributed by atoms with Gasteiger partial charge in [0.2, 0.25) is 0 Å². The molecule has 83 valence electrons. The maximum atomic E-state index is 3.30. The predicted molar refractivity (Wildman–Crippen MR) is 65.8 cm³/mol. The number of rotatable bonds is 1. The van der Waals surface area contributed by atoms with Crippen LogP contribution >= 0.6 is 0 Å². The number of hydrogen-bond acceptors (Lipinski definition) is 0. The van der Waals surface area contributed by atoms with Crippen LogP contribution < -0.4 is 0 Å². The van der Waals surface area contributed by atoms with Crippen LogP contribution in [0.4, 0.5) is 0 Å². The van der Waals surface area contributed by atoms with Gasteiger partial charge in [0.1, 0.15) is 0 Å². The Morgan fingerprint density at radius 3 is 2.19 bits per heavy atom. The van der Waals surface area contributed by atoms with E-state index in [1.54, 1.807) is 0 Å². The van der Waals surface area contributed by atoms with E-state index in [2.05, 4.69) is 40.2 Å². The third-order valence-corrected chi connectivity index (χ3v) is 3.80. The van der Waals surface area contributed by atoms with E-state index in [1.807, 2.05) is 6.92 Å². The maximum absolute atomic E-state index is 3.30. The average Bonchev–Trinajstić information content (AvgIpc) is 2.20. The van der Waals surface area contributed by atoms with Crippen LogP contribution in [0.5, 0.6) is 0 Å². The molecule has 0 saturated heterocycles. The Hall–Kier alpha value is -0.0661. The normalized spacial score (nSPS) is 15.2. The van der Waals surface area contributed by atoms with Gasteiger partial charge in [-0.3, -0.25) is 6.08 Å². The first-order valence-electron chi connectivity index (χ1n) is 5.57. The summed E-state index contributed by atoms with van der Waals surface area (Å²) in [6, 6.07) is 0. The molecule has 16 heavy (non-hydrogen) atoms. The summed E-state index contributed by atoms with van der Waals surface area (Å²) in [5, 5.41) is 0. The smallest absolute Gasteiger partial charge is 0 e. The summed E-state index contributed by atoms with van der Waals surface area (Å²) in [7, 11) is 0. The van der Waals surface area contributed by atoms with E-state index in [0.29, 0.717) is 0 Å². The number of benzene rings is 1. The van der Waals surface area contributed by atoms with Gasteiger partial charge in [-0.2, -0.15) is 17.6 Å². The van der Waals surface area contributed by atoms with Gasteiger partial charge >= 0.3 is 0 Å². The molecule has 0 aliphatic heterocycles. The van der Waals surface area contributed by atoms with Crippen LogP contribution in [0, 0.1) is 33.3 Å². The molecule has 0 aromatic heterocycles.